The summed E-state index contributed by atoms with van der Waals surface area (Å²) in [6.45, 7) is 5.99. The second-order valence-corrected chi connectivity index (χ2v) is 6.70. The van der Waals surface area contributed by atoms with Crippen LogP contribution >= 0.6 is 0 Å². The third-order valence-electron chi connectivity index (χ3n) is 4.60. The van der Waals surface area contributed by atoms with E-state index in [1.165, 1.54) is 70.0 Å². The molecule has 0 saturated carbocycles. The number of amidine groups is 1. The average Bonchev–Trinajstić information content (AvgIpc) is 2.99. The van der Waals surface area contributed by atoms with Gasteiger partial charge in [0.2, 0.25) is 0 Å². The van der Waals surface area contributed by atoms with Crippen LogP contribution < -0.4 is 5.73 Å². The van der Waals surface area contributed by atoms with E-state index in [2.05, 4.69) is 29.0 Å². The van der Waals surface area contributed by atoms with Crippen molar-refractivity contribution in [1.29, 1.82) is 0 Å². The van der Waals surface area contributed by atoms with E-state index in [4.69, 9.17) is 5.73 Å². The summed E-state index contributed by atoms with van der Waals surface area (Å²) in [6, 6.07) is 0. The molecule has 0 saturated heterocycles. The van der Waals surface area contributed by atoms with Gasteiger partial charge >= 0.3 is 0 Å². The van der Waals surface area contributed by atoms with Gasteiger partial charge in [-0.3, -0.25) is 4.99 Å². The van der Waals surface area contributed by atoms with Crippen LogP contribution in [0.4, 0.5) is 0 Å². The van der Waals surface area contributed by atoms with Gasteiger partial charge in [-0.2, -0.15) is 0 Å². The first-order chi connectivity index (χ1) is 11.4. The fourth-order valence-corrected chi connectivity index (χ4v) is 3.18. The predicted octanol–water partition coefficient (Wildman–Crippen LogP) is 4.92. The molecule has 1 aliphatic heterocycles. The highest BCUT2D eigenvalue weighted by Gasteiger charge is 2.14. The van der Waals surface area contributed by atoms with Crippen molar-refractivity contribution < 1.29 is 0 Å². The van der Waals surface area contributed by atoms with Crippen LogP contribution in [-0.4, -0.2) is 36.9 Å². The van der Waals surface area contributed by atoms with E-state index >= 15 is 0 Å². The Morgan fingerprint density at radius 2 is 1.61 bits per heavy atom. The lowest BCUT2D eigenvalue weighted by Gasteiger charge is -2.18. The van der Waals surface area contributed by atoms with Gasteiger partial charge in [0, 0.05) is 26.1 Å². The maximum absolute atomic E-state index is 5.63. The molecule has 134 valence electrons. The lowest BCUT2D eigenvalue weighted by molar-refractivity contribution is 0.459. The van der Waals surface area contributed by atoms with Crippen molar-refractivity contribution >= 4 is 5.84 Å². The summed E-state index contributed by atoms with van der Waals surface area (Å²) < 4.78 is 0. The number of nitrogens with two attached hydrogens (primary N) is 1. The third kappa shape index (κ3) is 10.5. The maximum atomic E-state index is 5.63. The van der Waals surface area contributed by atoms with Gasteiger partial charge in [-0.15, -0.1) is 0 Å². The molecule has 3 nitrogen and oxygen atoms in total. The Labute approximate surface area is 144 Å². The van der Waals surface area contributed by atoms with Gasteiger partial charge in [0.05, 0.1) is 12.4 Å². The van der Waals surface area contributed by atoms with E-state index in [-0.39, 0.29) is 0 Å². The van der Waals surface area contributed by atoms with Crippen molar-refractivity contribution in [2.24, 2.45) is 10.7 Å². The normalized spacial score (nSPS) is 14.9. The van der Waals surface area contributed by atoms with E-state index in [0.29, 0.717) is 0 Å². The molecule has 2 N–H and O–H groups in total. The lowest BCUT2D eigenvalue weighted by atomic mass is 10.1. The molecular weight excluding hydrogens is 282 g/mol. The molecule has 0 fully saturated rings. The molecule has 0 unspecified atom stereocenters. The summed E-state index contributed by atoms with van der Waals surface area (Å²) in [7, 11) is 0. The van der Waals surface area contributed by atoms with E-state index in [1.54, 1.807) is 0 Å². The van der Waals surface area contributed by atoms with Crippen LogP contribution in [0.2, 0.25) is 0 Å². The number of aliphatic imine (C=N–C) groups is 1. The smallest absolute Gasteiger partial charge is 0.0993 e. The summed E-state index contributed by atoms with van der Waals surface area (Å²) in [5.41, 5.74) is 5.63. The van der Waals surface area contributed by atoms with Crippen LogP contribution in [0.25, 0.3) is 0 Å². The molecule has 1 heterocycles. The standard InChI is InChI=1S/C20H39N3/c1-2-3-4-5-6-7-8-9-10-11-12-13-14-15-20-22-17-19-23(20)18-16-21/h12-13H,2-11,14-19,21H2,1H3/b13-12+. The zero-order valence-corrected chi connectivity index (χ0v) is 15.4. The zero-order chi connectivity index (χ0) is 16.6. The number of hydrogen-bond acceptors (Lipinski definition) is 3. The second-order valence-electron chi connectivity index (χ2n) is 6.70. The van der Waals surface area contributed by atoms with Crippen LogP contribution in [0.15, 0.2) is 17.1 Å². The van der Waals surface area contributed by atoms with Crippen LogP contribution in [0.1, 0.15) is 84.0 Å². The van der Waals surface area contributed by atoms with Crippen LogP contribution in [-0.2, 0) is 0 Å². The van der Waals surface area contributed by atoms with Gasteiger partial charge in [-0.25, -0.2) is 0 Å². The Morgan fingerprint density at radius 3 is 2.30 bits per heavy atom. The van der Waals surface area contributed by atoms with Gasteiger partial charge in [-0.05, 0) is 19.3 Å². The van der Waals surface area contributed by atoms with Gasteiger partial charge in [0.15, 0.2) is 0 Å². The lowest BCUT2D eigenvalue weighted by Crippen LogP contribution is -2.32. The molecular formula is C20H39N3. The fraction of sp³-hybridized carbons (Fsp3) is 0.850. The van der Waals surface area contributed by atoms with Crippen molar-refractivity contribution in [3.63, 3.8) is 0 Å². The Bertz CT molecular complexity index is 323. The van der Waals surface area contributed by atoms with Gasteiger partial charge in [0.1, 0.15) is 0 Å². The predicted molar refractivity (Wildman–Crippen MR) is 103 cm³/mol. The van der Waals surface area contributed by atoms with Crippen molar-refractivity contribution in [3.05, 3.63) is 12.2 Å². The summed E-state index contributed by atoms with van der Waals surface area (Å²) >= 11 is 0. The van der Waals surface area contributed by atoms with Gasteiger partial charge in [-0.1, -0.05) is 70.4 Å². The topological polar surface area (TPSA) is 41.6 Å². The average molecular weight is 322 g/mol. The van der Waals surface area contributed by atoms with E-state index in [1.807, 2.05) is 0 Å². The van der Waals surface area contributed by atoms with Crippen molar-refractivity contribution in [3.8, 4) is 0 Å². The minimum atomic E-state index is 0.730. The number of rotatable bonds is 15. The molecule has 0 bridgehead atoms. The summed E-state index contributed by atoms with van der Waals surface area (Å²) in [4.78, 5) is 6.92. The molecule has 0 atom stereocenters. The zero-order valence-electron chi connectivity index (χ0n) is 15.4. The van der Waals surface area contributed by atoms with E-state index in [9.17, 15) is 0 Å². The Balaban J connectivity index is 1.87. The van der Waals surface area contributed by atoms with E-state index < -0.39 is 0 Å². The molecule has 1 rings (SSSR count). The first kappa shape index (κ1) is 20.2. The Morgan fingerprint density at radius 1 is 0.957 bits per heavy atom. The van der Waals surface area contributed by atoms with Crippen LogP contribution in [0.3, 0.4) is 0 Å². The van der Waals surface area contributed by atoms with Gasteiger partial charge < -0.3 is 10.6 Å². The molecule has 0 aromatic heterocycles. The molecule has 0 aromatic carbocycles. The molecule has 0 aromatic rings. The van der Waals surface area contributed by atoms with Crippen molar-refractivity contribution in [2.75, 3.05) is 26.2 Å². The monoisotopic (exact) mass is 321 g/mol. The summed E-state index contributed by atoms with van der Waals surface area (Å²) in [6.07, 6.45) is 20.8. The summed E-state index contributed by atoms with van der Waals surface area (Å²) in [5.74, 6) is 1.27. The first-order valence-corrected chi connectivity index (χ1v) is 10.0. The SMILES string of the molecule is CCCCCCCCCCC/C=C/CCC1=NCCN1CCN. The largest absolute Gasteiger partial charge is 0.357 e. The molecule has 0 spiro atoms. The van der Waals surface area contributed by atoms with Crippen molar-refractivity contribution in [2.45, 2.75) is 84.0 Å². The fourth-order valence-electron chi connectivity index (χ4n) is 3.18. The summed E-state index contributed by atoms with van der Waals surface area (Å²) in [5, 5.41) is 0. The highest BCUT2D eigenvalue weighted by Crippen LogP contribution is 2.11. The number of allylic oxidation sites excluding steroid dienone is 2. The van der Waals surface area contributed by atoms with Crippen LogP contribution in [0.5, 0.6) is 0 Å². The molecule has 3 heteroatoms. The van der Waals surface area contributed by atoms with Crippen molar-refractivity contribution in [1.82, 2.24) is 4.90 Å². The number of hydrogen-bond donors (Lipinski definition) is 1. The highest BCUT2D eigenvalue weighted by molar-refractivity contribution is 5.83. The Hall–Kier alpha value is -0.830. The molecule has 1 aliphatic rings. The Kier molecular flexibility index (Phi) is 13.0. The second kappa shape index (κ2) is 14.7. The van der Waals surface area contributed by atoms with E-state index in [0.717, 1.165) is 39.0 Å². The first-order valence-electron chi connectivity index (χ1n) is 10.0. The molecule has 0 amide bonds. The highest BCUT2D eigenvalue weighted by atomic mass is 15.2. The molecule has 23 heavy (non-hydrogen) atoms. The minimum absolute atomic E-state index is 0.730. The van der Waals surface area contributed by atoms with Crippen LogP contribution in [0, 0.1) is 0 Å². The molecule has 0 radical (unpaired) electrons. The quantitative estimate of drug-likeness (QED) is 0.344. The minimum Gasteiger partial charge on any atom is -0.357 e. The number of unbranched alkanes of at least 4 members (excludes halogenated alkanes) is 9. The number of nitrogens with zero attached hydrogens (tertiary/aromatic N) is 2. The third-order valence-corrected chi connectivity index (χ3v) is 4.60. The maximum Gasteiger partial charge on any atom is 0.0993 e. The van der Waals surface area contributed by atoms with Gasteiger partial charge in [0.25, 0.3) is 0 Å². The molecule has 0 aliphatic carbocycles.